The van der Waals surface area contributed by atoms with Crippen LogP contribution in [0.1, 0.15) is 12.1 Å². The Balaban J connectivity index is 1.58. The summed E-state index contributed by atoms with van der Waals surface area (Å²) in [5, 5.41) is 9.86. The minimum Gasteiger partial charge on any atom is -0.379 e. The SMILES string of the molecule is Clc1ccc(-c2cc(-c3ccccc3)nnc2CCCN2CCOCC2)cc1. The van der Waals surface area contributed by atoms with Crippen molar-refractivity contribution in [3.05, 3.63) is 71.4 Å². The van der Waals surface area contributed by atoms with Crippen molar-refractivity contribution in [3.63, 3.8) is 0 Å². The van der Waals surface area contributed by atoms with Gasteiger partial charge in [-0.3, -0.25) is 4.90 Å². The molecular weight excluding hydrogens is 370 g/mol. The maximum absolute atomic E-state index is 6.09. The summed E-state index contributed by atoms with van der Waals surface area (Å²) >= 11 is 6.09. The van der Waals surface area contributed by atoms with Gasteiger partial charge in [-0.25, -0.2) is 0 Å². The predicted octanol–water partition coefficient (Wildman–Crippen LogP) is 4.73. The van der Waals surface area contributed by atoms with Gasteiger partial charge in [-0.1, -0.05) is 54.1 Å². The molecule has 4 nitrogen and oxygen atoms in total. The van der Waals surface area contributed by atoms with E-state index in [4.69, 9.17) is 16.3 Å². The molecule has 0 atom stereocenters. The van der Waals surface area contributed by atoms with E-state index in [1.54, 1.807) is 0 Å². The number of ether oxygens (including phenoxy) is 1. The Kier molecular flexibility index (Phi) is 6.32. The number of aryl methyl sites for hydroxylation is 1. The number of morpholine rings is 1. The summed E-state index contributed by atoms with van der Waals surface area (Å²) in [6, 6.07) is 20.3. The second kappa shape index (κ2) is 9.28. The van der Waals surface area contributed by atoms with E-state index in [-0.39, 0.29) is 0 Å². The zero-order valence-electron chi connectivity index (χ0n) is 15.9. The lowest BCUT2D eigenvalue weighted by Crippen LogP contribution is -2.37. The highest BCUT2D eigenvalue weighted by Gasteiger charge is 2.13. The Bertz CT molecular complexity index is 893. The normalized spacial score (nSPS) is 14.9. The molecule has 0 radical (unpaired) electrons. The number of halogens is 1. The second-order valence-electron chi connectivity index (χ2n) is 7.02. The maximum Gasteiger partial charge on any atom is 0.0936 e. The summed E-state index contributed by atoms with van der Waals surface area (Å²) in [4.78, 5) is 2.46. The number of benzene rings is 2. The van der Waals surface area contributed by atoms with Gasteiger partial charge < -0.3 is 4.74 Å². The van der Waals surface area contributed by atoms with Crippen LogP contribution in [0.3, 0.4) is 0 Å². The van der Waals surface area contributed by atoms with Crippen molar-refractivity contribution in [2.24, 2.45) is 0 Å². The van der Waals surface area contributed by atoms with Crippen LogP contribution in [-0.4, -0.2) is 47.9 Å². The minimum absolute atomic E-state index is 0.739. The molecule has 1 aromatic heterocycles. The second-order valence-corrected chi connectivity index (χ2v) is 7.46. The Labute approximate surface area is 171 Å². The van der Waals surface area contributed by atoms with Crippen LogP contribution in [0, 0.1) is 0 Å². The van der Waals surface area contributed by atoms with Gasteiger partial charge in [0.2, 0.25) is 0 Å². The molecule has 28 heavy (non-hydrogen) atoms. The van der Waals surface area contributed by atoms with Crippen LogP contribution in [0.15, 0.2) is 60.7 Å². The highest BCUT2D eigenvalue weighted by atomic mass is 35.5. The lowest BCUT2D eigenvalue weighted by atomic mass is 9.99. The van der Waals surface area contributed by atoms with Crippen LogP contribution < -0.4 is 0 Å². The average Bonchev–Trinajstić information content (AvgIpc) is 2.76. The van der Waals surface area contributed by atoms with E-state index in [2.05, 4.69) is 45.4 Å². The molecule has 1 saturated heterocycles. The number of rotatable bonds is 6. The molecule has 3 aromatic rings. The van der Waals surface area contributed by atoms with Crippen LogP contribution in [0.2, 0.25) is 5.02 Å². The minimum atomic E-state index is 0.739. The van der Waals surface area contributed by atoms with Crippen molar-refractivity contribution in [2.75, 3.05) is 32.8 Å². The summed E-state index contributed by atoms with van der Waals surface area (Å²) in [5.41, 5.74) is 5.26. The Morgan fingerprint density at radius 1 is 0.893 bits per heavy atom. The molecule has 0 unspecified atom stereocenters. The summed E-state index contributed by atoms with van der Waals surface area (Å²) < 4.78 is 5.43. The van der Waals surface area contributed by atoms with Gasteiger partial charge in [-0.2, -0.15) is 10.2 Å². The maximum atomic E-state index is 6.09. The summed E-state index contributed by atoms with van der Waals surface area (Å²) in [6.07, 6.45) is 1.96. The fraction of sp³-hybridized carbons (Fsp3) is 0.304. The summed E-state index contributed by atoms with van der Waals surface area (Å²) in [6.45, 7) is 4.76. The third kappa shape index (κ3) is 4.76. The molecule has 2 aromatic carbocycles. The molecule has 144 valence electrons. The van der Waals surface area contributed by atoms with E-state index in [1.165, 1.54) is 0 Å². The molecule has 0 amide bonds. The van der Waals surface area contributed by atoms with Crippen LogP contribution in [-0.2, 0) is 11.2 Å². The van der Waals surface area contributed by atoms with Crippen molar-refractivity contribution < 1.29 is 4.74 Å². The highest BCUT2D eigenvalue weighted by molar-refractivity contribution is 6.30. The largest absolute Gasteiger partial charge is 0.379 e. The third-order valence-corrected chi connectivity index (χ3v) is 5.34. The fourth-order valence-electron chi connectivity index (χ4n) is 3.53. The molecular formula is C23H24ClN3O. The molecule has 0 saturated carbocycles. The van der Waals surface area contributed by atoms with Gasteiger partial charge in [0, 0.05) is 29.2 Å². The molecule has 0 bridgehead atoms. The molecule has 4 rings (SSSR count). The third-order valence-electron chi connectivity index (χ3n) is 5.09. The number of aromatic nitrogens is 2. The Hall–Kier alpha value is -2.27. The molecule has 2 heterocycles. The van der Waals surface area contributed by atoms with E-state index in [1.807, 2.05) is 30.3 Å². The quantitative estimate of drug-likeness (QED) is 0.606. The summed E-state index contributed by atoms with van der Waals surface area (Å²) in [7, 11) is 0. The van der Waals surface area contributed by atoms with E-state index >= 15 is 0 Å². The molecule has 1 fully saturated rings. The molecule has 1 aliphatic rings. The highest BCUT2D eigenvalue weighted by Crippen LogP contribution is 2.28. The monoisotopic (exact) mass is 393 g/mol. The van der Waals surface area contributed by atoms with Gasteiger partial charge in [0.25, 0.3) is 0 Å². The first-order valence-corrected chi connectivity index (χ1v) is 10.2. The molecule has 0 spiro atoms. The van der Waals surface area contributed by atoms with E-state index in [0.29, 0.717) is 0 Å². The standard InChI is InChI=1S/C23H24ClN3O/c24-20-10-8-18(9-11-20)21-17-23(19-5-2-1-3-6-19)26-25-22(21)7-4-12-27-13-15-28-16-14-27/h1-3,5-6,8-11,17H,4,7,12-16H2. The van der Waals surface area contributed by atoms with Crippen LogP contribution in [0.4, 0.5) is 0 Å². The molecule has 1 aliphatic heterocycles. The fourth-order valence-corrected chi connectivity index (χ4v) is 3.65. The van der Waals surface area contributed by atoms with E-state index < -0.39 is 0 Å². The zero-order valence-corrected chi connectivity index (χ0v) is 16.6. The van der Waals surface area contributed by atoms with E-state index in [0.717, 1.165) is 78.8 Å². The number of hydrogen-bond donors (Lipinski definition) is 0. The van der Waals surface area contributed by atoms with Crippen LogP contribution in [0.5, 0.6) is 0 Å². The van der Waals surface area contributed by atoms with Gasteiger partial charge in [0.05, 0.1) is 24.6 Å². The van der Waals surface area contributed by atoms with Crippen molar-refractivity contribution in [2.45, 2.75) is 12.8 Å². The first-order chi connectivity index (χ1) is 13.8. The van der Waals surface area contributed by atoms with Gasteiger partial charge in [-0.05, 0) is 43.1 Å². The summed E-state index contributed by atoms with van der Waals surface area (Å²) in [5.74, 6) is 0. The number of hydrogen-bond acceptors (Lipinski definition) is 4. The average molecular weight is 394 g/mol. The topological polar surface area (TPSA) is 38.2 Å². The Morgan fingerprint density at radius 2 is 1.64 bits per heavy atom. The number of nitrogens with zero attached hydrogens (tertiary/aromatic N) is 3. The van der Waals surface area contributed by atoms with Crippen molar-refractivity contribution in [1.82, 2.24) is 15.1 Å². The van der Waals surface area contributed by atoms with Crippen molar-refractivity contribution in [1.29, 1.82) is 0 Å². The van der Waals surface area contributed by atoms with Gasteiger partial charge in [0.1, 0.15) is 0 Å². The Morgan fingerprint density at radius 3 is 2.39 bits per heavy atom. The lowest BCUT2D eigenvalue weighted by molar-refractivity contribution is 0.0374. The van der Waals surface area contributed by atoms with Crippen molar-refractivity contribution >= 4 is 11.6 Å². The first kappa shape index (κ1) is 19.1. The van der Waals surface area contributed by atoms with Crippen LogP contribution in [0.25, 0.3) is 22.4 Å². The van der Waals surface area contributed by atoms with Gasteiger partial charge in [-0.15, -0.1) is 0 Å². The van der Waals surface area contributed by atoms with Crippen LogP contribution >= 0.6 is 11.6 Å². The first-order valence-electron chi connectivity index (χ1n) is 9.78. The van der Waals surface area contributed by atoms with Gasteiger partial charge >= 0.3 is 0 Å². The molecule has 0 N–H and O–H groups in total. The molecule has 5 heteroatoms. The lowest BCUT2D eigenvalue weighted by Gasteiger charge is -2.26. The van der Waals surface area contributed by atoms with E-state index in [9.17, 15) is 0 Å². The smallest absolute Gasteiger partial charge is 0.0936 e. The van der Waals surface area contributed by atoms with Gasteiger partial charge in [0.15, 0.2) is 0 Å². The zero-order chi connectivity index (χ0) is 19.2. The predicted molar refractivity (Wildman–Crippen MR) is 113 cm³/mol. The van der Waals surface area contributed by atoms with Crippen molar-refractivity contribution in [3.8, 4) is 22.4 Å². The molecule has 0 aliphatic carbocycles.